The number of benzene rings is 2. The van der Waals surface area contributed by atoms with Crippen molar-refractivity contribution in [3.8, 4) is 6.07 Å². The molecule has 3 rings (SSSR count). The van der Waals surface area contributed by atoms with Crippen LogP contribution in [0.15, 0.2) is 42.5 Å². The van der Waals surface area contributed by atoms with E-state index in [9.17, 15) is 13.2 Å². The number of rotatable bonds is 7. The first-order valence-corrected chi connectivity index (χ1v) is 12.7. The molecule has 0 aliphatic carbocycles. The number of carbonyl (C=O) groups excluding carboxylic acids is 1. The minimum atomic E-state index is -3.62. The lowest BCUT2D eigenvalue weighted by atomic mass is 10.1. The van der Waals surface area contributed by atoms with Gasteiger partial charge in [0, 0.05) is 36.8 Å². The normalized spacial score (nSPS) is 14.8. The van der Waals surface area contributed by atoms with Crippen molar-refractivity contribution in [2.24, 2.45) is 0 Å². The molecule has 0 spiro atoms. The second-order valence-corrected chi connectivity index (χ2v) is 10.7. The number of aryl methyl sites for hydroxylation is 1. The van der Waals surface area contributed by atoms with E-state index in [1.807, 2.05) is 43.0 Å². The molecule has 1 aliphatic heterocycles. The Morgan fingerprint density at radius 2 is 1.80 bits per heavy atom. The van der Waals surface area contributed by atoms with Gasteiger partial charge in [-0.05, 0) is 41.8 Å². The number of hydrogen-bond acceptors (Lipinski definition) is 6. The molecule has 1 amide bonds. The van der Waals surface area contributed by atoms with Crippen LogP contribution >= 0.6 is 11.8 Å². The smallest absolute Gasteiger partial charge is 0.239 e. The molecule has 8 heteroatoms. The summed E-state index contributed by atoms with van der Waals surface area (Å²) in [6.07, 6.45) is 0. The van der Waals surface area contributed by atoms with Gasteiger partial charge in [0.25, 0.3) is 0 Å². The van der Waals surface area contributed by atoms with Crippen molar-refractivity contribution in [3.63, 3.8) is 0 Å². The van der Waals surface area contributed by atoms with Gasteiger partial charge in [-0.15, -0.1) is 0 Å². The van der Waals surface area contributed by atoms with Crippen LogP contribution in [0.3, 0.4) is 0 Å². The van der Waals surface area contributed by atoms with E-state index in [4.69, 9.17) is 5.26 Å². The van der Waals surface area contributed by atoms with Gasteiger partial charge in [-0.3, -0.25) is 9.69 Å². The fraction of sp³-hybridized carbons (Fsp3) is 0.364. The van der Waals surface area contributed by atoms with Crippen LogP contribution in [0.4, 0.5) is 5.69 Å². The third kappa shape index (κ3) is 6.59. The van der Waals surface area contributed by atoms with Gasteiger partial charge in [0.1, 0.15) is 5.75 Å². The lowest BCUT2D eigenvalue weighted by Crippen LogP contribution is -2.32. The lowest BCUT2D eigenvalue weighted by Gasteiger charge is -2.26. The van der Waals surface area contributed by atoms with Crippen LogP contribution in [0.2, 0.25) is 0 Å². The molecule has 2 aromatic rings. The number of carbonyl (C=O) groups is 1. The van der Waals surface area contributed by atoms with E-state index in [1.165, 1.54) is 5.56 Å². The number of anilines is 1. The Morgan fingerprint density at radius 1 is 1.13 bits per heavy atom. The molecule has 0 aromatic heterocycles. The molecule has 0 unspecified atom stereocenters. The van der Waals surface area contributed by atoms with E-state index in [2.05, 4.69) is 10.2 Å². The number of nitrogens with one attached hydrogen (secondary N) is 1. The van der Waals surface area contributed by atoms with Crippen LogP contribution in [0.5, 0.6) is 0 Å². The highest BCUT2D eigenvalue weighted by molar-refractivity contribution is 7.99. The van der Waals surface area contributed by atoms with E-state index in [0.717, 1.165) is 36.7 Å². The van der Waals surface area contributed by atoms with E-state index >= 15 is 0 Å². The number of amides is 1. The van der Waals surface area contributed by atoms with Crippen LogP contribution in [0.25, 0.3) is 0 Å². The summed E-state index contributed by atoms with van der Waals surface area (Å²) in [6.45, 7) is 4.96. The summed E-state index contributed by atoms with van der Waals surface area (Å²) in [5.74, 6) is 0.943. The Hall–Kier alpha value is -2.34. The summed E-state index contributed by atoms with van der Waals surface area (Å²) in [7, 11) is -3.62. The molecular weight excluding hydrogens is 418 g/mol. The minimum absolute atomic E-state index is 0.238. The Labute approximate surface area is 182 Å². The zero-order valence-corrected chi connectivity index (χ0v) is 18.6. The predicted octanol–water partition coefficient (Wildman–Crippen LogP) is 2.97. The molecule has 0 radical (unpaired) electrons. The van der Waals surface area contributed by atoms with Crippen molar-refractivity contribution in [1.82, 2.24) is 4.90 Å². The predicted molar refractivity (Wildman–Crippen MR) is 121 cm³/mol. The van der Waals surface area contributed by atoms with E-state index in [0.29, 0.717) is 16.8 Å². The molecular formula is C22H25N3O3S2. The number of nitrogens with zero attached hydrogens (tertiary/aromatic N) is 2. The summed E-state index contributed by atoms with van der Waals surface area (Å²) in [4.78, 5) is 14.7. The van der Waals surface area contributed by atoms with Gasteiger partial charge in [-0.2, -0.15) is 17.0 Å². The molecule has 2 aromatic carbocycles. The van der Waals surface area contributed by atoms with Crippen molar-refractivity contribution < 1.29 is 13.2 Å². The van der Waals surface area contributed by atoms with E-state index in [1.54, 1.807) is 24.3 Å². The Balaban J connectivity index is 1.57. The molecule has 1 saturated heterocycles. The van der Waals surface area contributed by atoms with Gasteiger partial charge in [-0.25, -0.2) is 8.42 Å². The average Bonchev–Trinajstić information content (AvgIpc) is 2.70. The van der Waals surface area contributed by atoms with Crippen LogP contribution < -0.4 is 5.32 Å². The molecule has 30 heavy (non-hydrogen) atoms. The fourth-order valence-electron chi connectivity index (χ4n) is 3.35. The van der Waals surface area contributed by atoms with Crippen LogP contribution in [0.1, 0.15) is 22.3 Å². The maximum Gasteiger partial charge on any atom is 0.239 e. The van der Waals surface area contributed by atoms with E-state index in [-0.39, 0.29) is 5.75 Å². The Bertz CT molecular complexity index is 1040. The standard InChI is InChI=1S/C22H25N3O3S2/c1-17-12-20(14-25-8-10-29-11-9-25)6-7-21(17)24-22(26)16-30(27,28)15-19-4-2-18(13-23)3-5-19/h2-7,12H,8-11,14-16H2,1H3,(H,24,26). The first-order valence-electron chi connectivity index (χ1n) is 9.73. The summed E-state index contributed by atoms with van der Waals surface area (Å²) < 4.78 is 24.8. The molecule has 158 valence electrons. The fourth-order valence-corrected chi connectivity index (χ4v) is 5.60. The number of nitriles is 1. The van der Waals surface area contributed by atoms with Crippen LogP contribution in [0, 0.1) is 18.3 Å². The van der Waals surface area contributed by atoms with Crippen molar-refractivity contribution in [2.75, 3.05) is 35.7 Å². The molecule has 6 nitrogen and oxygen atoms in total. The molecule has 1 heterocycles. The van der Waals surface area contributed by atoms with Crippen molar-refractivity contribution in [1.29, 1.82) is 5.26 Å². The van der Waals surface area contributed by atoms with Crippen LogP contribution in [-0.4, -0.2) is 49.6 Å². The molecule has 0 saturated carbocycles. The third-order valence-corrected chi connectivity index (χ3v) is 7.31. The quantitative estimate of drug-likeness (QED) is 0.708. The van der Waals surface area contributed by atoms with Crippen molar-refractivity contribution in [2.45, 2.75) is 19.2 Å². The van der Waals surface area contributed by atoms with Crippen LogP contribution in [-0.2, 0) is 26.9 Å². The maximum atomic E-state index is 12.4. The summed E-state index contributed by atoms with van der Waals surface area (Å²) >= 11 is 1.98. The van der Waals surface area contributed by atoms with Gasteiger partial charge in [0.15, 0.2) is 9.84 Å². The van der Waals surface area contributed by atoms with Crippen molar-refractivity contribution >= 4 is 33.2 Å². The monoisotopic (exact) mass is 443 g/mol. The Kier molecular flexibility index (Phi) is 7.53. The molecule has 1 N–H and O–H groups in total. The van der Waals surface area contributed by atoms with Gasteiger partial charge < -0.3 is 5.32 Å². The average molecular weight is 444 g/mol. The lowest BCUT2D eigenvalue weighted by molar-refractivity contribution is -0.113. The highest BCUT2D eigenvalue weighted by atomic mass is 32.2. The summed E-state index contributed by atoms with van der Waals surface area (Å²) in [5, 5.41) is 11.5. The molecule has 0 bridgehead atoms. The molecule has 1 aliphatic rings. The highest BCUT2D eigenvalue weighted by Gasteiger charge is 2.18. The zero-order valence-electron chi connectivity index (χ0n) is 16.9. The summed E-state index contributed by atoms with van der Waals surface area (Å²) in [6, 6.07) is 14.2. The second kappa shape index (κ2) is 10.1. The van der Waals surface area contributed by atoms with Gasteiger partial charge in [-0.1, -0.05) is 24.3 Å². The summed E-state index contributed by atoms with van der Waals surface area (Å²) in [5.41, 5.74) is 3.75. The molecule has 0 atom stereocenters. The van der Waals surface area contributed by atoms with Gasteiger partial charge in [0.2, 0.25) is 5.91 Å². The maximum absolute atomic E-state index is 12.4. The number of sulfone groups is 1. The first-order chi connectivity index (χ1) is 14.3. The molecule has 1 fully saturated rings. The van der Waals surface area contributed by atoms with Gasteiger partial charge >= 0.3 is 0 Å². The second-order valence-electron chi connectivity index (χ2n) is 7.43. The van der Waals surface area contributed by atoms with Gasteiger partial charge in [0.05, 0.1) is 17.4 Å². The minimum Gasteiger partial charge on any atom is -0.325 e. The van der Waals surface area contributed by atoms with Crippen molar-refractivity contribution in [3.05, 3.63) is 64.7 Å². The largest absolute Gasteiger partial charge is 0.325 e. The zero-order chi connectivity index (χ0) is 21.6. The number of hydrogen-bond donors (Lipinski definition) is 1. The SMILES string of the molecule is Cc1cc(CN2CCSCC2)ccc1NC(=O)CS(=O)(=O)Cc1ccc(C#N)cc1. The third-order valence-electron chi connectivity index (χ3n) is 4.90. The first kappa shape index (κ1) is 22.3. The topological polar surface area (TPSA) is 90.3 Å². The number of thioether (sulfide) groups is 1. The highest BCUT2D eigenvalue weighted by Crippen LogP contribution is 2.19. The Morgan fingerprint density at radius 3 is 2.43 bits per heavy atom. The van der Waals surface area contributed by atoms with E-state index < -0.39 is 21.5 Å².